The molecule has 1 aromatic heterocycles. The van der Waals surface area contributed by atoms with Crippen molar-refractivity contribution in [3.63, 3.8) is 0 Å². The van der Waals surface area contributed by atoms with Crippen LogP contribution in [0, 0.1) is 13.8 Å². The van der Waals surface area contributed by atoms with E-state index in [1.54, 1.807) is 42.5 Å². The van der Waals surface area contributed by atoms with Crippen LogP contribution in [-0.4, -0.2) is 18.7 Å². The number of halogens is 3. The number of carbonyl (C=O) groups excluding carboxylic acids is 1. The Labute approximate surface area is 183 Å². The Morgan fingerprint density at radius 2 is 1.83 bits per heavy atom. The topological polar surface area (TPSA) is 63.8 Å². The SMILES string of the molecule is Cc1cc(OCC(=O)NN=Cc2ccc(-c3ccc(Cl)cc3Cl)o2)cc(C)c1Cl. The van der Waals surface area contributed by atoms with Crippen LogP contribution < -0.4 is 10.2 Å². The third-order valence-corrected chi connectivity index (χ3v) is 5.13. The summed E-state index contributed by atoms with van der Waals surface area (Å²) in [5.74, 6) is 1.19. The molecule has 0 atom stereocenters. The number of benzene rings is 2. The lowest BCUT2D eigenvalue weighted by atomic mass is 10.1. The van der Waals surface area contributed by atoms with Gasteiger partial charge in [-0.2, -0.15) is 5.10 Å². The first-order valence-corrected chi connectivity index (χ1v) is 9.73. The van der Waals surface area contributed by atoms with E-state index < -0.39 is 5.91 Å². The van der Waals surface area contributed by atoms with Crippen LogP contribution >= 0.6 is 34.8 Å². The van der Waals surface area contributed by atoms with E-state index in [1.165, 1.54) is 6.21 Å². The van der Waals surface area contributed by atoms with Gasteiger partial charge in [0.2, 0.25) is 0 Å². The monoisotopic (exact) mass is 450 g/mol. The maximum atomic E-state index is 11.9. The highest BCUT2D eigenvalue weighted by Crippen LogP contribution is 2.31. The zero-order valence-electron chi connectivity index (χ0n) is 15.6. The van der Waals surface area contributed by atoms with E-state index >= 15 is 0 Å². The minimum Gasteiger partial charge on any atom is -0.484 e. The van der Waals surface area contributed by atoms with Gasteiger partial charge in [0, 0.05) is 15.6 Å². The molecule has 0 aliphatic carbocycles. The third kappa shape index (κ3) is 5.54. The van der Waals surface area contributed by atoms with E-state index in [9.17, 15) is 4.79 Å². The minimum absolute atomic E-state index is 0.179. The largest absolute Gasteiger partial charge is 0.484 e. The Balaban J connectivity index is 1.55. The van der Waals surface area contributed by atoms with Gasteiger partial charge in [-0.05, 0) is 67.4 Å². The first-order valence-electron chi connectivity index (χ1n) is 8.60. The van der Waals surface area contributed by atoms with E-state index in [0.717, 1.165) is 11.1 Å². The summed E-state index contributed by atoms with van der Waals surface area (Å²) in [6.45, 7) is 3.57. The predicted octanol–water partition coefficient (Wildman–Crippen LogP) is 6.05. The summed E-state index contributed by atoms with van der Waals surface area (Å²) < 4.78 is 11.1. The summed E-state index contributed by atoms with van der Waals surface area (Å²) in [7, 11) is 0. The Bertz CT molecular complexity index is 1050. The molecule has 1 N–H and O–H groups in total. The van der Waals surface area contributed by atoms with Gasteiger partial charge in [-0.25, -0.2) is 5.43 Å². The normalized spacial score (nSPS) is 11.1. The fraction of sp³-hybridized carbons (Fsp3) is 0.143. The molecule has 29 heavy (non-hydrogen) atoms. The van der Waals surface area contributed by atoms with Crippen molar-refractivity contribution in [3.05, 3.63) is 74.4 Å². The molecule has 0 bridgehead atoms. The fourth-order valence-electron chi connectivity index (χ4n) is 2.59. The van der Waals surface area contributed by atoms with Crippen LogP contribution in [0.25, 0.3) is 11.3 Å². The second-order valence-corrected chi connectivity index (χ2v) is 7.50. The van der Waals surface area contributed by atoms with Crippen LogP contribution in [0.3, 0.4) is 0 Å². The van der Waals surface area contributed by atoms with Crippen LogP contribution in [-0.2, 0) is 4.79 Å². The molecule has 0 radical (unpaired) electrons. The van der Waals surface area contributed by atoms with Crippen molar-refractivity contribution in [3.8, 4) is 17.1 Å². The van der Waals surface area contributed by atoms with Crippen molar-refractivity contribution >= 4 is 46.9 Å². The molecule has 1 heterocycles. The van der Waals surface area contributed by atoms with Gasteiger partial charge in [0.25, 0.3) is 5.91 Å². The quantitative estimate of drug-likeness (QED) is 0.366. The zero-order valence-corrected chi connectivity index (χ0v) is 17.9. The number of aryl methyl sites for hydroxylation is 2. The molecule has 0 aliphatic heterocycles. The molecule has 0 saturated carbocycles. The Morgan fingerprint density at radius 1 is 1.10 bits per heavy atom. The van der Waals surface area contributed by atoms with E-state index in [0.29, 0.717) is 37.9 Å². The van der Waals surface area contributed by atoms with Gasteiger partial charge >= 0.3 is 0 Å². The summed E-state index contributed by atoms with van der Waals surface area (Å²) >= 11 is 18.2. The van der Waals surface area contributed by atoms with Crippen LogP contribution in [0.1, 0.15) is 16.9 Å². The maximum absolute atomic E-state index is 11.9. The second-order valence-electron chi connectivity index (χ2n) is 6.28. The number of nitrogens with one attached hydrogen (secondary N) is 1. The van der Waals surface area contributed by atoms with Crippen molar-refractivity contribution in [2.24, 2.45) is 5.10 Å². The van der Waals surface area contributed by atoms with Gasteiger partial charge in [-0.15, -0.1) is 0 Å². The number of carbonyl (C=O) groups is 1. The molecule has 0 spiro atoms. The van der Waals surface area contributed by atoms with Crippen molar-refractivity contribution in [1.29, 1.82) is 0 Å². The number of hydrazone groups is 1. The van der Waals surface area contributed by atoms with Gasteiger partial charge in [0.1, 0.15) is 17.3 Å². The standard InChI is InChI=1S/C21H17Cl3N2O3/c1-12-7-16(8-13(2)21(12)24)28-11-20(27)26-25-10-15-4-6-19(29-15)17-5-3-14(22)9-18(17)23/h3-10H,11H2,1-2H3,(H,26,27). The van der Waals surface area contributed by atoms with Crippen molar-refractivity contribution < 1.29 is 13.9 Å². The molecule has 1 amide bonds. The van der Waals surface area contributed by atoms with Gasteiger partial charge in [-0.1, -0.05) is 34.8 Å². The van der Waals surface area contributed by atoms with E-state index in [4.69, 9.17) is 44.0 Å². The van der Waals surface area contributed by atoms with E-state index in [2.05, 4.69) is 10.5 Å². The van der Waals surface area contributed by atoms with Gasteiger partial charge < -0.3 is 9.15 Å². The third-order valence-electron chi connectivity index (χ3n) is 3.98. The van der Waals surface area contributed by atoms with Crippen molar-refractivity contribution in [2.45, 2.75) is 13.8 Å². The molecule has 150 valence electrons. The van der Waals surface area contributed by atoms with Gasteiger partial charge in [-0.3, -0.25) is 4.79 Å². The van der Waals surface area contributed by atoms with Gasteiger partial charge in [0.05, 0.1) is 11.2 Å². The number of amides is 1. The highest BCUT2D eigenvalue weighted by molar-refractivity contribution is 6.36. The van der Waals surface area contributed by atoms with Crippen LogP contribution in [0.5, 0.6) is 5.75 Å². The number of hydrogen-bond donors (Lipinski definition) is 1. The number of rotatable bonds is 6. The highest BCUT2D eigenvalue weighted by Gasteiger charge is 2.09. The highest BCUT2D eigenvalue weighted by atomic mass is 35.5. The molecule has 0 fully saturated rings. The molecule has 0 unspecified atom stereocenters. The Morgan fingerprint density at radius 3 is 2.52 bits per heavy atom. The number of nitrogens with zero attached hydrogens (tertiary/aromatic N) is 1. The fourth-order valence-corrected chi connectivity index (χ4v) is 3.21. The minimum atomic E-state index is -0.404. The average molecular weight is 452 g/mol. The number of hydrogen-bond acceptors (Lipinski definition) is 4. The van der Waals surface area contributed by atoms with Gasteiger partial charge in [0.15, 0.2) is 6.61 Å². The summed E-state index contributed by atoms with van der Waals surface area (Å²) in [5.41, 5.74) is 4.86. The molecule has 8 heteroatoms. The van der Waals surface area contributed by atoms with Crippen LogP contribution in [0.15, 0.2) is 52.0 Å². The zero-order chi connectivity index (χ0) is 21.0. The van der Waals surface area contributed by atoms with Crippen molar-refractivity contribution in [1.82, 2.24) is 5.43 Å². The lowest BCUT2D eigenvalue weighted by Crippen LogP contribution is -2.24. The Kier molecular flexibility index (Phi) is 6.85. The smallest absolute Gasteiger partial charge is 0.277 e. The lowest BCUT2D eigenvalue weighted by Gasteiger charge is -2.09. The molecule has 0 saturated heterocycles. The van der Waals surface area contributed by atoms with E-state index in [1.807, 2.05) is 13.8 Å². The lowest BCUT2D eigenvalue weighted by molar-refractivity contribution is -0.123. The second kappa shape index (κ2) is 9.35. The summed E-state index contributed by atoms with van der Waals surface area (Å²) in [6.07, 6.45) is 1.39. The first kappa shape index (κ1) is 21.2. The molecular formula is C21H17Cl3N2O3. The Hall–Kier alpha value is -2.47. The van der Waals surface area contributed by atoms with Crippen molar-refractivity contribution in [2.75, 3.05) is 6.61 Å². The summed E-state index contributed by atoms with van der Waals surface area (Å²) in [6, 6.07) is 12.2. The summed E-state index contributed by atoms with van der Waals surface area (Å²) in [5, 5.41) is 5.58. The first-order chi connectivity index (χ1) is 13.8. The molecule has 2 aromatic carbocycles. The van der Waals surface area contributed by atoms with Crippen LogP contribution in [0.2, 0.25) is 15.1 Å². The molecule has 5 nitrogen and oxygen atoms in total. The molecule has 0 aliphatic rings. The molecule has 3 aromatic rings. The maximum Gasteiger partial charge on any atom is 0.277 e. The molecule has 3 rings (SSSR count). The van der Waals surface area contributed by atoms with Crippen LogP contribution in [0.4, 0.5) is 0 Å². The summed E-state index contributed by atoms with van der Waals surface area (Å²) in [4.78, 5) is 11.9. The number of ether oxygens (including phenoxy) is 1. The number of furan rings is 1. The van der Waals surface area contributed by atoms with E-state index in [-0.39, 0.29) is 6.61 Å². The average Bonchev–Trinajstić information content (AvgIpc) is 3.13. The molecular weight excluding hydrogens is 435 g/mol. The predicted molar refractivity (Wildman–Crippen MR) is 116 cm³/mol.